The molecule has 1 nitrogen and oxygen atoms in total. The van der Waals surface area contributed by atoms with Crippen LogP contribution < -0.4 is 4.57 Å². The predicted molar refractivity (Wildman–Crippen MR) is 83.8 cm³/mol. The largest absolute Gasteiger partial charge is 0.205 e. The normalized spacial score (nSPS) is 10.9. The molecule has 0 amide bonds. The Balaban J connectivity index is 2.00. The van der Waals surface area contributed by atoms with Gasteiger partial charge in [-0.05, 0) is 35.6 Å². The van der Waals surface area contributed by atoms with Gasteiger partial charge in [0.1, 0.15) is 6.54 Å². The van der Waals surface area contributed by atoms with Crippen LogP contribution >= 0.6 is 15.9 Å². The molecule has 2 heteroatoms. The Bertz CT molecular complexity index is 500. The molecule has 0 fully saturated rings. The number of halogens is 1. The zero-order valence-electron chi connectivity index (χ0n) is 11.6. The molecule has 0 bridgehead atoms. The molecule has 0 unspecified atom stereocenters. The van der Waals surface area contributed by atoms with E-state index in [-0.39, 0.29) is 0 Å². The standard InChI is InChI=1S/C17H21BrN/c1-14(2)4-3-11-19-12-9-16(10-13-19)15-5-7-17(18)8-6-15/h5-10,12-14H,3-4,11H2,1-2H3/q+1. The topological polar surface area (TPSA) is 3.88 Å². The van der Waals surface area contributed by atoms with Gasteiger partial charge in [-0.25, -0.2) is 4.57 Å². The zero-order chi connectivity index (χ0) is 13.7. The van der Waals surface area contributed by atoms with E-state index in [1.165, 1.54) is 24.0 Å². The third-order valence-corrected chi connectivity index (χ3v) is 3.80. The molecule has 100 valence electrons. The van der Waals surface area contributed by atoms with Gasteiger partial charge in [-0.1, -0.05) is 41.9 Å². The predicted octanol–water partition coefficient (Wildman–Crippen LogP) is 4.84. The van der Waals surface area contributed by atoms with Gasteiger partial charge in [0, 0.05) is 23.0 Å². The highest BCUT2D eigenvalue weighted by atomic mass is 79.9. The average Bonchev–Trinajstić information content (AvgIpc) is 2.40. The second-order valence-corrected chi connectivity index (χ2v) is 6.28. The van der Waals surface area contributed by atoms with Crippen LogP contribution in [0.15, 0.2) is 53.3 Å². The molecule has 0 aliphatic rings. The summed E-state index contributed by atoms with van der Waals surface area (Å²) in [6.45, 7) is 5.67. The van der Waals surface area contributed by atoms with Gasteiger partial charge in [0.05, 0.1) is 0 Å². The summed E-state index contributed by atoms with van der Waals surface area (Å²) in [4.78, 5) is 0. The molecular formula is C17H21BrN+. The van der Waals surface area contributed by atoms with Crippen LogP contribution in [0.2, 0.25) is 0 Å². The first-order valence-electron chi connectivity index (χ1n) is 6.90. The van der Waals surface area contributed by atoms with Gasteiger partial charge in [0.15, 0.2) is 12.4 Å². The van der Waals surface area contributed by atoms with Gasteiger partial charge >= 0.3 is 0 Å². The minimum Gasteiger partial charge on any atom is -0.205 e. The number of nitrogens with zero attached hydrogens (tertiary/aromatic N) is 1. The summed E-state index contributed by atoms with van der Waals surface area (Å²) in [5, 5.41) is 0. The molecule has 0 aliphatic carbocycles. The lowest BCUT2D eigenvalue weighted by Gasteiger charge is -2.03. The summed E-state index contributed by atoms with van der Waals surface area (Å²) in [5.74, 6) is 0.794. The van der Waals surface area contributed by atoms with Gasteiger partial charge in [-0.3, -0.25) is 0 Å². The summed E-state index contributed by atoms with van der Waals surface area (Å²) in [7, 11) is 0. The molecule has 0 saturated heterocycles. The van der Waals surface area contributed by atoms with E-state index in [1.807, 2.05) is 0 Å². The molecule has 0 saturated carbocycles. The van der Waals surface area contributed by atoms with Crippen LogP contribution in [-0.2, 0) is 6.54 Å². The van der Waals surface area contributed by atoms with E-state index < -0.39 is 0 Å². The molecule has 0 radical (unpaired) electrons. The van der Waals surface area contributed by atoms with Gasteiger partial charge in [0.25, 0.3) is 0 Å². The Morgan fingerprint density at radius 2 is 1.53 bits per heavy atom. The summed E-state index contributed by atoms with van der Waals surface area (Å²) in [6.07, 6.45) is 6.90. The van der Waals surface area contributed by atoms with Gasteiger partial charge in [-0.15, -0.1) is 0 Å². The van der Waals surface area contributed by atoms with Crippen molar-refractivity contribution in [2.75, 3.05) is 0 Å². The minimum absolute atomic E-state index is 0.794. The second kappa shape index (κ2) is 6.85. The fourth-order valence-electron chi connectivity index (χ4n) is 2.12. The lowest BCUT2D eigenvalue weighted by Crippen LogP contribution is -2.32. The van der Waals surface area contributed by atoms with Crippen molar-refractivity contribution < 1.29 is 4.57 Å². The number of pyridine rings is 1. The molecule has 1 aromatic heterocycles. The Hall–Kier alpha value is -1.15. The number of aryl methyl sites for hydroxylation is 1. The fraction of sp³-hybridized carbons (Fsp3) is 0.353. The van der Waals surface area contributed by atoms with Crippen LogP contribution in [0.25, 0.3) is 11.1 Å². The highest BCUT2D eigenvalue weighted by molar-refractivity contribution is 9.10. The van der Waals surface area contributed by atoms with E-state index in [9.17, 15) is 0 Å². The highest BCUT2D eigenvalue weighted by Gasteiger charge is 2.03. The van der Waals surface area contributed by atoms with Crippen molar-refractivity contribution in [2.45, 2.75) is 33.2 Å². The maximum absolute atomic E-state index is 3.47. The molecule has 0 N–H and O–H groups in total. The van der Waals surface area contributed by atoms with Crippen LogP contribution in [0.1, 0.15) is 26.7 Å². The van der Waals surface area contributed by atoms with E-state index in [4.69, 9.17) is 0 Å². The van der Waals surface area contributed by atoms with Crippen LogP contribution in [-0.4, -0.2) is 0 Å². The monoisotopic (exact) mass is 318 g/mol. The first-order chi connectivity index (χ1) is 9.15. The molecule has 2 aromatic rings. The van der Waals surface area contributed by atoms with Gasteiger partial charge in [0.2, 0.25) is 0 Å². The van der Waals surface area contributed by atoms with Crippen molar-refractivity contribution in [3.63, 3.8) is 0 Å². The number of hydrogen-bond donors (Lipinski definition) is 0. The molecule has 19 heavy (non-hydrogen) atoms. The van der Waals surface area contributed by atoms with Gasteiger partial charge in [-0.2, -0.15) is 0 Å². The first-order valence-corrected chi connectivity index (χ1v) is 7.69. The van der Waals surface area contributed by atoms with Crippen molar-refractivity contribution in [3.8, 4) is 11.1 Å². The smallest absolute Gasteiger partial charge is 0.169 e. The Kier molecular flexibility index (Phi) is 5.15. The maximum atomic E-state index is 3.47. The number of hydrogen-bond acceptors (Lipinski definition) is 0. The van der Waals surface area contributed by atoms with E-state index in [2.05, 4.69) is 83.1 Å². The maximum Gasteiger partial charge on any atom is 0.169 e. The molecule has 1 heterocycles. The SMILES string of the molecule is CC(C)CCC[n+]1ccc(-c2ccc(Br)cc2)cc1. The van der Waals surface area contributed by atoms with E-state index >= 15 is 0 Å². The van der Waals surface area contributed by atoms with Crippen LogP contribution in [0, 0.1) is 5.92 Å². The fourth-order valence-corrected chi connectivity index (χ4v) is 2.39. The summed E-state index contributed by atoms with van der Waals surface area (Å²) < 4.78 is 3.39. The lowest BCUT2D eigenvalue weighted by molar-refractivity contribution is -0.697. The molecule has 0 aliphatic heterocycles. The lowest BCUT2D eigenvalue weighted by atomic mass is 10.1. The Morgan fingerprint density at radius 1 is 0.947 bits per heavy atom. The Morgan fingerprint density at radius 3 is 2.11 bits per heavy atom. The number of rotatable bonds is 5. The number of benzene rings is 1. The molecule has 0 spiro atoms. The number of aromatic nitrogens is 1. The van der Waals surface area contributed by atoms with Crippen molar-refractivity contribution >= 4 is 15.9 Å². The quantitative estimate of drug-likeness (QED) is 0.694. The summed E-state index contributed by atoms with van der Waals surface area (Å²) in [6, 6.07) is 12.8. The first kappa shape index (κ1) is 14.3. The summed E-state index contributed by atoms with van der Waals surface area (Å²) >= 11 is 3.47. The van der Waals surface area contributed by atoms with Crippen molar-refractivity contribution in [1.29, 1.82) is 0 Å². The van der Waals surface area contributed by atoms with Crippen LogP contribution in [0.5, 0.6) is 0 Å². The van der Waals surface area contributed by atoms with E-state index in [1.54, 1.807) is 0 Å². The molecular weight excluding hydrogens is 298 g/mol. The van der Waals surface area contributed by atoms with Crippen molar-refractivity contribution in [1.82, 2.24) is 0 Å². The Labute approximate surface area is 124 Å². The molecule has 0 atom stereocenters. The third-order valence-electron chi connectivity index (χ3n) is 3.27. The van der Waals surface area contributed by atoms with Crippen molar-refractivity contribution in [2.24, 2.45) is 5.92 Å². The van der Waals surface area contributed by atoms with E-state index in [0.29, 0.717) is 0 Å². The van der Waals surface area contributed by atoms with Gasteiger partial charge < -0.3 is 0 Å². The van der Waals surface area contributed by atoms with Crippen LogP contribution in [0.4, 0.5) is 0 Å². The van der Waals surface area contributed by atoms with Crippen LogP contribution in [0.3, 0.4) is 0 Å². The second-order valence-electron chi connectivity index (χ2n) is 5.37. The minimum atomic E-state index is 0.794. The average molecular weight is 319 g/mol. The summed E-state index contributed by atoms with van der Waals surface area (Å²) in [5.41, 5.74) is 2.53. The van der Waals surface area contributed by atoms with Crippen molar-refractivity contribution in [3.05, 3.63) is 53.3 Å². The third kappa shape index (κ3) is 4.46. The van der Waals surface area contributed by atoms with E-state index in [0.717, 1.165) is 16.9 Å². The molecule has 1 aromatic carbocycles. The molecule has 2 rings (SSSR count). The zero-order valence-corrected chi connectivity index (χ0v) is 13.2. The highest BCUT2D eigenvalue weighted by Crippen LogP contribution is 2.20.